The van der Waals surface area contributed by atoms with Gasteiger partial charge in [0.05, 0.1) is 17.4 Å². The first kappa shape index (κ1) is 22.2. The van der Waals surface area contributed by atoms with E-state index < -0.39 is 0 Å². The van der Waals surface area contributed by atoms with Crippen LogP contribution in [0, 0.1) is 0 Å². The van der Waals surface area contributed by atoms with E-state index in [4.69, 9.17) is 0 Å². The Morgan fingerprint density at radius 1 is 1.10 bits per heavy atom. The van der Waals surface area contributed by atoms with Crippen molar-refractivity contribution < 1.29 is 4.79 Å². The molecule has 1 aromatic heterocycles. The number of fused-ring (bicyclic) bond motifs is 1. The van der Waals surface area contributed by atoms with Crippen LogP contribution in [0.15, 0.2) is 57.8 Å². The standard InChI is InChI=1S/C23H27BrN4O2/c1-3-27(4-2)15-7-14-25-22(29)21-26-20-9-6-5-8-19(20)23(30)28(21)16-17-10-12-18(24)13-11-17/h5-6,8-13H,3-4,7,14-16H2,1-2H3,(H,25,29). The zero-order valence-corrected chi connectivity index (χ0v) is 19.0. The van der Waals surface area contributed by atoms with Crippen molar-refractivity contribution in [3.8, 4) is 0 Å². The minimum absolute atomic E-state index is 0.143. The van der Waals surface area contributed by atoms with Gasteiger partial charge in [0.25, 0.3) is 11.5 Å². The SMILES string of the molecule is CCN(CC)CCCNC(=O)c1nc2ccccc2c(=O)n1Cc1ccc(Br)cc1. The monoisotopic (exact) mass is 470 g/mol. The Bertz CT molecular complexity index is 1060. The fraction of sp³-hybridized carbons (Fsp3) is 0.348. The molecule has 0 saturated heterocycles. The van der Waals surface area contributed by atoms with Crippen LogP contribution in [0.25, 0.3) is 10.9 Å². The van der Waals surface area contributed by atoms with Gasteiger partial charge in [0.1, 0.15) is 0 Å². The van der Waals surface area contributed by atoms with Crippen LogP contribution in [-0.4, -0.2) is 46.5 Å². The summed E-state index contributed by atoms with van der Waals surface area (Å²) >= 11 is 3.42. The molecular formula is C23H27BrN4O2. The zero-order chi connectivity index (χ0) is 21.5. The highest BCUT2D eigenvalue weighted by Gasteiger charge is 2.17. The largest absolute Gasteiger partial charge is 0.349 e. The molecule has 1 N–H and O–H groups in total. The number of para-hydroxylation sites is 1. The van der Waals surface area contributed by atoms with Gasteiger partial charge >= 0.3 is 0 Å². The van der Waals surface area contributed by atoms with Crippen LogP contribution in [0.2, 0.25) is 0 Å². The predicted octanol–water partition coefficient (Wildman–Crippen LogP) is 3.67. The first-order valence-corrected chi connectivity index (χ1v) is 11.1. The number of aromatic nitrogens is 2. The summed E-state index contributed by atoms with van der Waals surface area (Å²) in [6, 6.07) is 14.8. The van der Waals surface area contributed by atoms with Crippen LogP contribution in [-0.2, 0) is 6.54 Å². The zero-order valence-electron chi connectivity index (χ0n) is 17.4. The summed E-state index contributed by atoms with van der Waals surface area (Å²) in [4.78, 5) is 32.9. The van der Waals surface area contributed by atoms with E-state index in [0.29, 0.717) is 17.4 Å². The molecule has 0 atom stereocenters. The highest BCUT2D eigenvalue weighted by molar-refractivity contribution is 9.10. The number of rotatable bonds is 9. The maximum absolute atomic E-state index is 13.1. The van der Waals surface area contributed by atoms with Gasteiger partial charge in [-0.25, -0.2) is 4.98 Å². The topological polar surface area (TPSA) is 67.2 Å². The van der Waals surface area contributed by atoms with Gasteiger partial charge in [0, 0.05) is 11.0 Å². The van der Waals surface area contributed by atoms with E-state index in [1.165, 1.54) is 4.57 Å². The van der Waals surface area contributed by atoms with Gasteiger partial charge in [-0.15, -0.1) is 0 Å². The molecule has 0 aliphatic carbocycles. The first-order chi connectivity index (χ1) is 14.5. The Morgan fingerprint density at radius 3 is 2.50 bits per heavy atom. The van der Waals surface area contributed by atoms with Crippen molar-refractivity contribution in [1.29, 1.82) is 0 Å². The normalized spacial score (nSPS) is 11.2. The van der Waals surface area contributed by atoms with Crippen molar-refractivity contribution in [3.05, 3.63) is 74.7 Å². The Morgan fingerprint density at radius 2 is 1.80 bits per heavy atom. The Labute approximate surface area is 185 Å². The number of hydrogen-bond donors (Lipinski definition) is 1. The second-order valence-corrected chi connectivity index (χ2v) is 8.02. The maximum atomic E-state index is 13.1. The third kappa shape index (κ3) is 5.34. The number of nitrogens with zero attached hydrogens (tertiary/aromatic N) is 3. The third-order valence-electron chi connectivity index (χ3n) is 5.15. The number of halogens is 1. The van der Waals surface area contributed by atoms with Crippen molar-refractivity contribution in [1.82, 2.24) is 19.8 Å². The summed E-state index contributed by atoms with van der Waals surface area (Å²) in [7, 11) is 0. The van der Waals surface area contributed by atoms with Gasteiger partial charge in [-0.2, -0.15) is 0 Å². The molecule has 0 fully saturated rings. The second-order valence-electron chi connectivity index (χ2n) is 7.11. The molecule has 6 nitrogen and oxygen atoms in total. The van der Waals surface area contributed by atoms with Gasteiger partial charge in [0.15, 0.2) is 0 Å². The third-order valence-corrected chi connectivity index (χ3v) is 5.68. The van der Waals surface area contributed by atoms with Crippen molar-refractivity contribution >= 4 is 32.7 Å². The van der Waals surface area contributed by atoms with Crippen LogP contribution < -0.4 is 10.9 Å². The average Bonchev–Trinajstić information content (AvgIpc) is 2.77. The molecular weight excluding hydrogens is 444 g/mol. The first-order valence-electron chi connectivity index (χ1n) is 10.3. The lowest BCUT2D eigenvalue weighted by Crippen LogP contribution is -2.35. The highest BCUT2D eigenvalue weighted by Crippen LogP contribution is 2.13. The number of carbonyl (C=O) groups is 1. The van der Waals surface area contributed by atoms with E-state index in [1.807, 2.05) is 36.4 Å². The number of hydrogen-bond acceptors (Lipinski definition) is 4. The summed E-state index contributed by atoms with van der Waals surface area (Å²) in [5.74, 6) is -0.182. The van der Waals surface area contributed by atoms with Gasteiger partial charge in [-0.1, -0.05) is 54.0 Å². The average molecular weight is 471 g/mol. The van der Waals surface area contributed by atoms with Crippen molar-refractivity contribution in [2.24, 2.45) is 0 Å². The summed E-state index contributed by atoms with van der Waals surface area (Å²) in [5, 5.41) is 3.44. The smallest absolute Gasteiger partial charge is 0.287 e. The minimum Gasteiger partial charge on any atom is -0.349 e. The van der Waals surface area contributed by atoms with E-state index in [-0.39, 0.29) is 23.8 Å². The molecule has 0 unspecified atom stereocenters. The van der Waals surface area contributed by atoms with Crippen LogP contribution in [0.1, 0.15) is 36.5 Å². The molecule has 0 aliphatic rings. The van der Waals surface area contributed by atoms with Crippen LogP contribution >= 0.6 is 15.9 Å². The van der Waals surface area contributed by atoms with Crippen LogP contribution in [0.4, 0.5) is 0 Å². The Balaban J connectivity index is 1.87. The molecule has 30 heavy (non-hydrogen) atoms. The molecule has 3 aromatic rings. The molecule has 0 aliphatic heterocycles. The molecule has 1 heterocycles. The lowest BCUT2D eigenvalue weighted by molar-refractivity contribution is 0.0936. The molecule has 0 spiro atoms. The molecule has 0 radical (unpaired) electrons. The molecule has 1 amide bonds. The molecule has 0 saturated carbocycles. The lowest BCUT2D eigenvalue weighted by Gasteiger charge is -2.18. The fourth-order valence-electron chi connectivity index (χ4n) is 3.38. The van der Waals surface area contributed by atoms with Gasteiger partial charge in [-0.05, 0) is 55.9 Å². The number of benzene rings is 2. The Hall–Kier alpha value is -2.51. The molecule has 3 rings (SSSR count). The minimum atomic E-state index is -0.325. The predicted molar refractivity (Wildman–Crippen MR) is 124 cm³/mol. The molecule has 0 bridgehead atoms. The van der Waals surface area contributed by atoms with Gasteiger partial charge < -0.3 is 10.2 Å². The van der Waals surface area contributed by atoms with Crippen molar-refractivity contribution in [2.45, 2.75) is 26.8 Å². The van der Waals surface area contributed by atoms with E-state index in [2.05, 4.69) is 45.0 Å². The van der Waals surface area contributed by atoms with E-state index >= 15 is 0 Å². The Kier molecular flexibility index (Phi) is 7.76. The molecule has 158 valence electrons. The van der Waals surface area contributed by atoms with E-state index in [1.54, 1.807) is 12.1 Å². The van der Waals surface area contributed by atoms with Gasteiger partial charge in [0.2, 0.25) is 5.82 Å². The van der Waals surface area contributed by atoms with Crippen molar-refractivity contribution in [2.75, 3.05) is 26.2 Å². The van der Waals surface area contributed by atoms with Crippen molar-refractivity contribution in [3.63, 3.8) is 0 Å². The van der Waals surface area contributed by atoms with Crippen LogP contribution in [0.5, 0.6) is 0 Å². The summed E-state index contributed by atoms with van der Waals surface area (Å²) in [6.45, 7) is 7.98. The fourth-order valence-corrected chi connectivity index (χ4v) is 3.65. The highest BCUT2D eigenvalue weighted by atomic mass is 79.9. The van der Waals surface area contributed by atoms with Crippen LogP contribution in [0.3, 0.4) is 0 Å². The lowest BCUT2D eigenvalue weighted by atomic mass is 10.2. The number of carbonyl (C=O) groups excluding carboxylic acids is 1. The maximum Gasteiger partial charge on any atom is 0.287 e. The quantitative estimate of drug-likeness (QED) is 0.484. The molecule has 7 heteroatoms. The number of amides is 1. The summed E-state index contributed by atoms with van der Waals surface area (Å²) in [5.41, 5.74) is 1.24. The number of nitrogens with one attached hydrogen (secondary N) is 1. The summed E-state index contributed by atoms with van der Waals surface area (Å²) < 4.78 is 2.42. The van der Waals surface area contributed by atoms with Gasteiger partial charge in [-0.3, -0.25) is 14.2 Å². The van der Waals surface area contributed by atoms with E-state index in [0.717, 1.165) is 36.1 Å². The van der Waals surface area contributed by atoms with E-state index in [9.17, 15) is 9.59 Å². The molecule has 2 aromatic carbocycles. The second kappa shape index (κ2) is 10.5. The summed E-state index contributed by atoms with van der Waals surface area (Å²) in [6.07, 6.45) is 0.845.